The molecule has 29 heavy (non-hydrogen) atoms. The Balaban J connectivity index is 1.66. The Bertz CT molecular complexity index is 1110. The summed E-state index contributed by atoms with van der Waals surface area (Å²) in [7, 11) is 0. The van der Waals surface area contributed by atoms with Gasteiger partial charge in [-0.05, 0) is 37.1 Å². The lowest BCUT2D eigenvalue weighted by Gasteiger charge is -2.35. The molecule has 1 aliphatic heterocycles. The van der Waals surface area contributed by atoms with Crippen LogP contribution in [0.15, 0.2) is 53.5 Å². The molecule has 0 spiro atoms. The van der Waals surface area contributed by atoms with Gasteiger partial charge >= 0.3 is 0 Å². The van der Waals surface area contributed by atoms with Crippen molar-refractivity contribution in [2.75, 3.05) is 18.0 Å². The maximum atomic E-state index is 12.5. The van der Waals surface area contributed by atoms with Crippen molar-refractivity contribution < 1.29 is 9.53 Å². The van der Waals surface area contributed by atoms with Crippen LogP contribution in [0.1, 0.15) is 24.6 Å². The van der Waals surface area contributed by atoms with Crippen LogP contribution in [-0.2, 0) is 11.3 Å². The van der Waals surface area contributed by atoms with Crippen molar-refractivity contribution in [3.63, 3.8) is 0 Å². The van der Waals surface area contributed by atoms with Gasteiger partial charge in [0.15, 0.2) is 6.10 Å². The van der Waals surface area contributed by atoms with Gasteiger partial charge in [-0.3, -0.25) is 14.0 Å². The number of nitrogens with zero attached hydrogens (tertiary/aromatic N) is 3. The zero-order valence-electron chi connectivity index (χ0n) is 16.6. The van der Waals surface area contributed by atoms with E-state index >= 15 is 0 Å². The number of benzene rings is 1. The average Bonchev–Trinajstić information content (AvgIpc) is 2.73. The number of anilines is 1. The van der Waals surface area contributed by atoms with Crippen LogP contribution >= 0.6 is 0 Å². The minimum Gasteiger partial charge on any atom is -0.477 e. The van der Waals surface area contributed by atoms with Gasteiger partial charge in [0.25, 0.3) is 11.5 Å². The first-order chi connectivity index (χ1) is 14.1. The first kappa shape index (κ1) is 19.0. The standard InChI is InChI=1S/C22H24N4O3/c1-3-10-23-22(28)19-14-25(17-8-4-5-9-18(17)29-19)13-16-12-20(27)26-11-6-7-15(2)21(26)24-16/h4-9,11-12,19H,3,10,13-14H2,1-2H3,(H,23,28). The highest BCUT2D eigenvalue weighted by molar-refractivity contribution is 5.83. The molecule has 2 aromatic heterocycles. The first-order valence-corrected chi connectivity index (χ1v) is 9.83. The number of para-hydroxylation sites is 2. The molecule has 1 amide bonds. The Labute approximate surface area is 168 Å². The Morgan fingerprint density at radius 2 is 2.10 bits per heavy atom. The number of amides is 1. The third-order valence-corrected chi connectivity index (χ3v) is 5.00. The van der Waals surface area contributed by atoms with Crippen molar-refractivity contribution >= 4 is 17.2 Å². The molecule has 7 nitrogen and oxygen atoms in total. The molecule has 4 rings (SSSR count). The summed E-state index contributed by atoms with van der Waals surface area (Å²) in [6.07, 6.45) is 1.97. The number of fused-ring (bicyclic) bond motifs is 2. The lowest BCUT2D eigenvalue weighted by Crippen LogP contribution is -2.49. The molecular weight excluding hydrogens is 368 g/mol. The summed E-state index contributed by atoms with van der Waals surface area (Å²) in [5.41, 5.74) is 3.01. The van der Waals surface area contributed by atoms with Gasteiger partial charge in [-0.2, -0.15) is 0 Å². The molecule has 0 saturated heterocycles. The number of hydrogen-bond donors (Lipinski definition) is 1. The van der Waals surface area contributed by atoms with E-state index < -0.39 is 6.10 Å². The van der Waals surface area contributed by atoms with Crippen LogP contribution in [0.25, 0.3) is 5.65 Å². The normalized spacial score (nSPS) is 15.7. The highest BCUT2D eigenvalue weighted by atomic mass is 16.5. The summed E-state index contributed by atoms with van der Waals surface area (Å²) < 4.78 is 7.48. The molecule has 1 atom stereocenters. The average molecular weight is 392 g/mol. The van der Waals surface area contributed by atoms with Crippen molar-refractivity contribution in [2.24, 2.45) is 0 Å². The molecule has 7 heteroatoms. The molecule has 3 heterocycles. The topological polar surface area (TPSA) is 75.9 Å². The molecule has 0 aliphatic carbocycles. The van der Waals surface area contributed by atoms with Gasteiger partial charge in [-0.15, -0.1) is 0 Å². The Kier molecular flexibility index (Phi) is 5.20. The number of aromatic nitrogens is 2. The smallest absolute Gasteiger partial charge is 0.262 e. The molecule has 1 aliphatic rings. The molecule has 0 fully saturated rings. The fourth-order valence-corrected chi connectivity index (χ4v) is 3.54. The summed E-state index contributed by atoms with van der Waals surface area (Å²) in [6.45, 7) is 5.36. The van der Waals surface area contributed by atoms with E-state index in [0.29, 0.717) is 36.7 Å². The number of carbonyl (C=O) groups excluding carboxylic acids is 1. The largest absolute Gasteiger partial charge is 0.477 e. The molecule has 1 N–H and O–H groups in total. The van der Waals surface area contributed by atoms with Gasteiger partial charge in [-0.1, -0.05) is 25.1 Å². The maximum absolute atomic E-state index is 12.5. The third-order valence-electron chi connectivity index (χ3n) is 5.00. The van der Waals surface area contributed by atoms with E-state index in [1.807, 2.05) is 55.1 Å². The van der Waals surface area contributed by atoms with Crippen molar-refractivity contribution in [1.29, 1.82) is 0 Å². The molecule has 0 saturated carbocycles. The van der Waals surface area contributed by atoms with Gasteiger partial charge in [0.05, 0.1) is 24.5 Å². The van der Waals surface area contributed by atoms with Crippen molar-refractivity contribution in [3.8, 4) is 5.75 Å². The number of pyridine rings is 1. The van der Waals surface area contributed by atoms with Crippen LogP contribution in [0.3, 0.4) is 0 Å². The Morgan fingerprint density at radius 3 is 2.93 bits per heavy atom. The predicted octanol–water partition coefficient (Wildman–Crippen LogP) is 2.30. The summed E-state index contributed by atoms with van der Waals surface area (Å²) in [5.74, 6) is 0.526. The molecule has 1 unspecified atom stereocenters. The predicted molar refractivity (Wildman–Crippen MR) is 111 cm³/mol. The molecule has 0 bridgehead atoms. The van der Waals surface area contributed by atoms with Crippen LogP contribution < -0.4 is 20.5 Å². The Hall–Kier alpha value is -3.35. The number of hydrogen-bond acceptors (Lipinski definition) is 5. The number of nitrogens with one attached hydrogen (secondary N) is 1. The van der Waals surface area contributed by atoms with E-state index in [1.165, 1.54) is 0 Å². The van der Waals surface area contributed by atoms with Crippen LogP contribution in [0.4, 0.5) is 5.69 Å². The minimum absolute atomic E-state index is 0.118. The highest BCUT2D eigenvalue weighted by Gasteiger charge is 2.30. The summed E-state index contributed by atoms with van der Waals surface area (Å²) in [6, 6.07) is 12.9. The fourth-order valence-electron chi connectivity index (χ4n) is 3.54. The summed E-state index contributed by atoms with van der Waals surface area (Å²) in [4.78, 5) is 31.8. The zero-order chi connectivity index (χ0) is 20.4. The van der Waals surface area contributed by atoms with Crippen LogP contribution in [0.2, 0.25) is 0 Å². The monoisotopic (exact) mass is 392 g/mol. The molecule has 1 aromatic carbocycles. The zero-order valence-corrected chi connectivity index (χ0v) is 16.6. The van der Waals surface area contributed by atoms with Crippen molar-refractivity contribution in [3.05, 3.63) is 70.3 Å². The second-order valence-corrected chi connectivity index (χ2v) is 7.22. The van der Waals surface area contributed by atoms with Gasteiger partial charge in [-0.25, -0.2) is 4.98 Å². The van der Waals surface area contributed by atoms with Crippen LogP contribution in [0.5, 0.6) is 5.75 Å². The van der Waals surface area contributed by atoms with Gasteiger partial charge in [0.2, 0.25) is 0 Å². The quantitative estimate of drug-likeness (QED) is 0.721. The van der Waals surface area contributed by atoms with Crippen LogP contribution in [0, 0.1) is 6.92 Å². The SMILES string of the molecule is CCCNC(=O)C1CN(Cc2cc(=O)n3cccc(C)c3n2)c2ccccc2O1. The molecule has 3 aromatic rings. The van der Waals surface area contributed by atoms with E-state index in [1.54, 1.807) is 16.7 Å². The van der Waals surface area contributed by atoms with E-state index in [4.69, 9.17) is 9.72 Å². The molecular formula is C22H24N4O3. The van der Waals surface area contributed by atoms with Gasteiger partial charge in [0, 0.05) is 18.8 Å². The second-order valence-electron chi connectivity index (χ2n) is 7.22. The lowest BCUT2D eigenvalue weighted by atomic mass is 10.1. The minimum atomic E-state index is -0.611. The second kappa shape index (κ2) is 7.95. The van der Waals surface area contributed by atoms with Crippen molar-refractivity contribution in [1.82, 2.24) is 14.7 Å². The lowest BCUT2D eigenvalue weighted by molar-refractivity contribution is -0.127. The fraction of sp³-hybridized carbons (Fsp3) is 0.318. The van der Waals surface area contributed by atoms with E-state index in [0.717, 1.165) is 17.7 Å². The molecule has 150 valence electrons. The third kappa shape index (κ3) is 3.81. The van der Waals surface area contributed by atoms with Crippen LogP contribution in [-0.4, -0.2) is 34.5 Å². The molecule has 0 radical (unpaired) electrons. The van der Waals surface area contributed by atoms with Crippen molar-refractivity contribution in [2.45, 2.75) is 32.9 Å². The number of aryl methyl sites for hydroxylation is 1. The number of ether oxygens (including phenoxy) is 1. The summed E-state index contributed by atoms with van der Waals surface area (Å²) in [5, 5.41) is 2.90. The van der Waals surface area contributed by atoms with E-state index in [9.17, 15) is 9.59 Å². The number of carbonyl (C=O) groups is 1. The van der Waals surface area contributed by atoms with Gasteiger partial charge in [0.1, 0.15) is 11.4 Å². The summed E-state index contributed by atoms with van der Waals surface area (Å²) >= 11 is 0. The Morgan fingerprint density at radius 1 is 1.28 bits per heavy atom. The number of rotatable bonds is 5. The van der Waals surface area contributed by atoms with Gasteiger partial charge < -0.3 is 15.0 Å². The maximum Gasteiger partial charge on any atom is 0.262 e. The van der Waals surface area contributed by atoms with E-state index in [2.05, 4.69) is 5.32 Å². The highest BCUT2D eigenvalue weighted by Crippen LogP contribution is 2.33. The first-order valence-electron chi connectivity index (χ1n) is 9.83. The van der Waals surface area contributed by atoms with E-state index in [-0.39, 0.29) is 11.5 Å².